The van der Waals surface area contributed by atoms with E-state index in [1.54, 1.807) is 19.1 Å². The SMILES string of the molecule is CC(O)CCN(C)CCC(=O)Nc1cccc(F)c1. The van der Waals surface area contributed by atoms with Crippen LogP contribution in [0.3, 0.4) is 0 Å². The molecule has 1 unspecified atom stereocenters. The minimum atomic E-state index is -0.369. The maximum Gasteiger partial charge on any atom is 0.225 e. The first-order valence-electron chi connectivity index (χ1n) is 6.39. The highest BCUT2D eigenvalue weighted by Crippen LogP contribution is 2.09. The molecule has 0 radical (unpaired) electrons. The van der Waals surface area contributed by atoms with Crippen LogP contribution in [0.15, 0.2) is 24.3 Å². The molecule has 0 aliphatic rings. The van der Waals surface area contributed by atoms with E-state index in [1.165, 1.54) is 12.1 Å². The van der Waals surface area contributed by atoms with Gasteiger partial charge in [0.15, 0.2) is 0 Å². The molecule has 0 aliphatic heterocycles. The third-order valence-electron chi connectivity index (χ3n) is 2.76. The van der Waals surface area contributed by atoms with E-state index in [9.17, 15) is 9.18 Å². The monoisotopic (exact) mass is 268 g/mol. The molecule has 1 aromatic rings. The first-order valence-corrected chi connectivity index (χ1v) is 6.39. The summed E-state index contributed by atoms with van der Waals surface area (Å²) < 4.78 is 12.9. The second kappa shape index (κ2) is 7.86. The van der Waals surface area contributed by atoms with Gasteiger partial charge in [-0.15, -0.1) is 0 Å². The molecule has 0 heterocycles. The minimum Gasteiger partial charge on any atom is -0.393 e. The van der Waals surface area contributed by atoms with Gasteiger partial charge in [-0.3, -0.25) is 4.79 Å². The van der Waals surface area contributed by atoms with Crippen LogP contribution in [0.4, 0.5) is 10.1 Å². The number of nitrogens with one attached hydrogen (secondary N) is 1. The Balaban J connectivity index is 2.28. The summed E-state index contributed by atoms with van der Waals surface area (Å²) in [4.78, 5) is 13.6. The highest BCUT2D eigenvalue weighted by Gasteiger charge is 2.06. The van der Waals surface area contributed by atoms with E-state index in [4.69, 9.17) is 5.11 Å². The van der Waals surface area contributed by atoms with E-state index in [0.29, 0.717) is 25.1 Å². The standard InChI is InChI=1S/C14H21FN2O2/c1-11(18)6-8-17(2)9-7-14(19)16-13-5-3-4-12(15)10-13/h3-5,10-11,18H,6-9H2,1-2H3,(H,16,19). The lowest BCUT2D eigenvalue weighted by molar-refractivity contribution is -0.116. The van der Waals surface area contributed by atoms with E-state index >= 15 is 0 Å². The predicted octanol–water partition coefficient (Wildman–Crippen LogP) is 1.86. The predicted molar refractivity (Wildman–Crippen MR) is 73.4 cm³/mol. The summed E-state index contributed by atoms with van der Waals surface area (Å²) in [6.07, 6.45) is 0.693. The van der Waals surface area contributed by atoms with Crippen molar-refractivity contribution in [2.45, 2.75) is 25.9 Å². The number of hydrogen-bond acceptors (Lipinski definition) is 3. The first kappa shape index (κ1) is 15.6. The number of carbonyl (C=O) groups is 1. The molecule has 106 valence electrons. The highest BCUT2D eigenvalue weighted by molar-refractivity contribution is 5.90. The zero-order chi connectivity index (χ0) is 14.3. The molecule has 5 heteroatoms. The largest absolute Gasteiger partial charge is 0.393 e. The van der Waals surface area contributed by atoms with Crippen LogP contribution in [-0.4, -0.2) is 42.2 Å². The van der Waals surface area contributed by atoms with Crippen LogP contribution in [-0.2, 0) is 4.79 Å². The molecule has 0 saturated heterocycles. The van der Waals surface area contributed by atoms with Crippen molar-refractivity contribution in [3.63, 3.8) is 0 Å². The van der Waals surface area contributed by atoms with Crippen molar-refractivity contribution >= 4 is 11.6 Å². The molecule has 0 aromatic heterocycles. The number of amides is 1. The second-order valence-electron chi connectivity index (χ2n) is 4.75. The maximum absolute atomic E-state index is 12.9. The Morgan fingerprint density at radius 2 is 2.21 bits per heavy atom. The van der Waals surface area contributed by atoms with Crippen molar-refractivity contribution in [1.29, 1.82) is 0 Å². The molecule has 4 nitrogen and oxygen atoms in total. The molecular weight excluding hydrogens is 247 g/mol. The highest BCUT2D eigenvalue weighted by atomic mass is 19.1. The number of aliphatic hydroxyl groups is 1. The Morgan fingerprint density at radius 3 is 2.84 bits per heavy atom. The fraction of sp³-hybridized carbons (Fsp3) is 0.500. The zero-order valence-corrected chi connectivity index (χ0v) is 11.4. The van der Waals surface area contributed by atoms with E-state index in [-0.39, 0.29) is 17.8 Å². The molecule has 0 spiro atoms. The van der Waals surface area contributed by atoms with Crippen molar-refractivity contribution < 1.29 is 14.3 Å². The van der Waals surface area contributed by atoms with E-state index in [0.717, 1.165) is 6.54 Å². The molecule has 0 aliphatic carbocycles. The average molecular weight is 268 g/mol. The van der Waals surface area contributed by atoms with Gasteiger partial charge in [0.2, 0.25) is 5.91 Å². The number of hydrogen-bond donors (Lipinski definition) is 2. The van der Waals surface area contributed by atoms with Crippen LogP contribution in [0.5, 0.6) is 0 Å². The van der Waals surface area contributed by atoms with Crippen molar-refractivity contribution in [2.75, 3.05) is 25.5 Å². The van der Waals surface area contributed by atoms with Crippen LogP contribution >= 0.6 is 0 Å². The summed E-state index contributed by atoms with van der Waals surface area (Å²) in [5.74, 6) is -0.513. The quantitative estimate of drug-likeness (QED) is 0.793. The third kappa shape index (κ3) is 6.88. The van der Waals surface area contributed by atoms with Gasteiger partial charge >= 0.3 is 0 Å². The summed E-state index contributed by atoms with van der Waals surface area (Å²) in [6, 6.07) is 5.83. The van der Waals surface area contributed by atoms with Gasteiger partial charge in [0.25, 0.3) is 0 Å². The lowest BCUT2D eigenvalue weighted by atomic mass is 10.2. The molecule has 1 rings (SSSR count). The lowest BCUT2D eigenvalue weighted by Gasteiger charge is -2.17. The Hall–Kier alpha value is -1.46. The van der Waals surface area contributed by atoms with Gasteiger partial charge < -0.3 is 15.3 Å². The number of benzene rings is 1. The fourth-order valence-corrected chi connectivity index (χ4v) is 1.60. The molecule has 1 aromatic carbocycles. The van der Waals surface area contributed by atoms with Crippen LogP contribution in [0, 0.1) is 5.82 Å². The summed E-state index contributed by atoms with van der Waals surface area (Å²) in [5.41, 5.74) is 0.469. The number of carbonyl (C=O) groups excluding carboxylic acids is 1. The molecule has 1 amide bonds. The van der Waals surface area contributed by atoms with Gasteiger partial charge in [-0.05, 0) is 38.6 Å². The number of nitrogens with zero attached hydrogens (tertiary/aromatic N) is 1. The Kier molecular flexibility index (Phi) is 6.45. The van der Waals surface area contributed by atoms with Gasteiger partial charge in [0, 0.05) is 25.2 Å². The minimum absolute atomic E-state index is 0.144. The van der Waals surface area contributed by atoms with E-state index < -0.39 is 0 Å². The van der Waals surface area contributed by atoms with Crippen LogP contribution < -0.4 is 5.32 Å². The summed E-state index contributed by atoms with van der Waals surface area (Å²) in [6.45, 7) is 3.09. The Bertz CT molecular complexity index is 410. The van der Waals surface area contributed by atoms with Gasteiger partial charge in [-0.25, -0.2) is 4.39 Å². The van der Waals surface area contributed by atoms with Gasteiger partial charge in [0.1, 0.15) is 5.82 Å². The van der Waals surface area contributed by atoms with Gasteiger partial charge in [-0.2, -0.15) is 0 Å². The van der Waals surface area contributed by atoms with Crippen molar-refractivity contribution in [3.8, 4) is 0 Å². The third-order valence-corrected chi connectivity index (χ3v) is 2.76. The van der Waals surface area contributed by atoms with Crippen LogP contribution in [0.1, 0.15) is 19.8 Å². The molecule has 19 heavy (non-hydrogen) atoms. The molecule has 2 N–H and O–H groups in total. The topological polar surface area (TPSA) is 52.6 Å². The average Bonchev–Trinajstić information content (AvgIpc) is 2.34. The van der Waals surface area contributed by atoms with Crippen molar-refractivity contribution in [3.05, 3.63) is 30.1 Å². The first-order chi connectivity index (χ1) is 8.97. The van der Waals surface area contributed by atoms with Crippen molar-refractivity contribution in [1.82, 2.24) is 4.90 Å². The fourth-order valence-electron chi connectivity index (χ4n) is 1.60. The molecular formula is C14H21FN2O2. The number of halogens is 1. The van der Waals surface area contributed by atoms with E-state index in [1.807, 2.05) is 11.9 Å². The van der Waals surface area contributed by atoms with Crippen LogP contribution in [0.25, 0.3) is 0 Å². The normalized spacial score (nSPS) is 12.5. The van der Waals surface area contributed by atoms with Crippen molar-refractivity contribution in [2.24, 2.45) is 0 Å². The molecule has 0 bridgehead atoms. The Labute approximate surface area is 113 Å². The summed E-state index contributed by atoms with van der Waals surface area (Å²) in [7, 11) is 1.90. The van der Waals surface area contributed by atoms with Gasteiger partial charge in [0.05, 0.1) is 6.10 Å². The number of aliphatic hydroxyl groups excluding tert-OH is 1. The molecule has 1 atom stereocenters. The summed E-state index contributed by atoms with van der Waals surface area (Å²) >= 11 is 0. The number of anilines is 1. The van der Waals surface area contributed by atoms with Gasteiger partial charge in [-0.1, -0.05) is 6.07 Å². The van der Waals surface area contributed by atoms with Crippen LogP contribution in [0.2, 0.25) is 0 Å². The molecule has 0 fully saturated rings. The summed E-state index contributed by atoms with van der Waals surface area (Å²) in [5, 5.41) is 11.8. The molecule has 0 saturated carbocycles. The smallest absolute Gasteiger partial charge is 0.225 e. The lowest BCUT2D eigenvalue weighted by Crippen LogP contribution is -2.26. The van der Waals surface area contributed by atoms with E-state index in [2.05, 4.69) is 5.32 Å². The Morgan fingerprint density at radius 1 is 1.47 bits per heavy atom. The number of rotatable bonds is 7. The maximum atomic E-state index is 12.9. The second-order valence-corrected chi connectivity index (χ2v) is 4.75. The zero-order valence-electron chi connectivity index (χ0n) is 11.4.